The number of nitrogens with zero attached hydrogens (tertiary/aromatic N) is 2. The maximum Gasteiger partial charge on any atom is 0.0638 e. The van der Waals surface area contributed by atoms with Crippen molar-refractivity contribution in [1.29, 1.82) is 0 Å². The lowest BCUT2D eigenvalue weighted by molar-refractivity contribution is 1.14. The molecule has 170 valence electrons. The summed E-state index contributed by atoms with van der Waals surface area (Å²) in [6.07, 6.45) is 9.02. The quantitative estimate of drug-likeness (QED) is 0.433. The first-order valence-electron chi connectivity index (χ1n) is 11.6. The molecule has 0 saturated heterocycles. The molecule has 0 aliphatic heterocycles. The van der Waals surface area contributed by atoms with Crippen LogP contribution >= 0.6 is 0 Å². The summed E-state index contributed by atoms with van der Waals surface area (Å²) in [6.45, 7) is 18.4. The van der Waals surface area contributed by atoms with Gasteiger partial charge in [-0.15, -0.1) is 0 Å². The highest BCUT2D eigenvalue weighted by Gasteiger charge is 1.98. The summed E-state index contributed by atoms with van der Waals surface area (Å²) >= 11 is 0. The average Bonchev–Trinajstić information content (AvgIpc) is 2.86. The number of allylic oxidation sites excluding steroid dienone is 4. The van der Waals surface area contributed by atoms with Gasteiger partial charge in [0.2, 0.25) is 0 Å². The van der Waals surface area contributed by atoms with Gasteiger partial charge in [-0.3, -0.25) is 4.99 Å². The Hall–Kier alpha value is -2.74. The molecule has 0 amide bonds. The first-order chi connectivity index (χ1) is 15.1. The maximum absolute atomic E-state index is 4.52. The van der Waals surface area contributed by atoms with Crippen LogP contribution in [0.4, 0.5) is 5.69 Å². The number of rotatable bonds is 2. The minimum Gasteiger partial charge on any atom is -0.289 e. The van der Waals surface area contributed by atoms with Crippen molar-refractivity contribution >= 4 is 17.1 Å². The van der Waals surface area contributed by atoms with Crippen molar-refractivity contribution in [2.75, 3.05) is 7.05 Å². The Labute approximate surface area is 192 Å². The van der Waals surface area contributed by atoms with Crippen molar-refractivity contribution in [3.8, 4) is 0 Å². The molecule has 2 nitrogen and oxygen atoms in total. The van der Waals surface area contributed by atoms with E-state index in [1.807, 2.05) is 78.0 Å². The van der Waals surface area contributed by atoms with E-state index in [1.54, 1.807) is 7.05 Å². The fourth-order valence-electron chi connectivity index (χ4n) is 2.27. The Morgan fingerprint density at radius 3 is 1.35 bits per heavy atom. The molecule has 2 aromatic rings. The third-order valence-corrected chi connectivity index (χ3v) is 3.93. The molecule has 0 spiro atoms. The Bertz CT molecular complexity index is 772. The zero-order chi connectivity index (χ0) is 24.1. The van der Waals surface area contributed by atoms with Gasteiger partial charge >= 0.3 is 0 Å². The second kappa shape index (κ2) is 20.5. The Morgan fingerprint density at radius 1 is 0.581 bits per heavy atom. The van der Waals surface area contributed by atoms with E-state index in [9.17, 15) is 0 Å². The van der Waals surface area contributed by atoms with Crippen LogP contribution in [0.2, 0.25) is 0 Å². The molecule has 2 aromatic carbocycles. The van der Waals surface area contributed by atoms with Gasteiger partial charge in [-0.2, -0.15) is 0 Å². The Morgan fingerprint density at radius 2 is 0.968 bits per heavy atom. The van der Waals surface area contributed by atoms with Crippen LogP contribution in [0, 0.1) is 13.8 Å². The van der Waals surface area contributed by atoms with Gasteiger partial charge in [0.05, 0.1) is 17.1 Å². The molecular formula is C29H44N2. The summed E-state index contributed by atoms with van der Waals surface area (Å²) in [5.74, 6) is 0. The zero-order valence-electron chi connectivity index (χ0n) is 21.5. The number of aliphatic imine (C=N–C) groups is 2. The van der Waals surface area contributed by atoms with Crippen LogP contribution in [-0.2, 0) is 6.42 Å². The maximum atomic E-state index is 4.52. The summed E-state index contributed by atoms with van der Waals surface area (Å²) < 4.78 is 0. The molecule has 1 aliphatic carbocycles. The normalized spacial score (nSPS) is 10.6. The zero-order valence-corrected chi connectivity index (χ0v) is 21.5. The monoisotopic (exact) mass is 420 g/mol. The lowest BCUT2D eigenvalue weighted by atomic mass is 10.1. The Balaban J connectivity index is 0. The second-order valence-electron chi connectivity index (χ2n) is 6.03. The van der Waals surface area contributed by atoms with Gasteiger partial charge in [-0.05, 0) is 62.3 Å². The highest BCUT2D eigenvalue weighted by atomic mass is 14.7. The van der Waals surface area contributed by atoms with Gasteiger partial charge < -0.3 is 0 Å². The highest BCUT2D eigenvalue weighted by Crippen LogP contribution is 2.14. The number of aryl methyl sites for hydroxylation is 3. The minimum atomic E-state index is 0.955. The topological polar surface area (TPSA) is 24.7 Å². The molecule has 2 heteroatoms. The van der Waals surface area contributed by atoms with Gasteiger partial charge in [-0.25, -0.2) is 4.99 Å². The molecule has 0 saturated carbocycles. The van der Waals surface area contributed by atoms with E-state index in [0.29, 0.717) is 0 Å². The third kappa shape index (κ3) is 14.0. The fourth-order valence-corrected chi connectivity index (χ4v) is 2.27. The van der Waals surface area contributed by atoms with E-state index in [4.69, 9.17) is 0 Å². The van der Waals surface area contributed by atoms with Crippen molar-refractivity contribution in [2.24, 2.45) is 9.98 Å². The first-order valence-corrected chi connectivity index (χ1v) is 11.6. The van der Waals surface area contributed by atoms with Crippen molar-refractivity contribution < 1.29 is 0 Å². The van der Waals surface area contributed by atoms with E-state index in [2.05, 4.69) is 67.2 Å². The smallest absolute Gasteiger partial charge is 0.0638 e. The molecule has 1 aliphatic rings. The van der Waals surface area contributed by atoms with Gasteiger partial charge in [0.25, 0.3) is 0 Å². The van der Waals surface area contributed by atoms with Crippen LogP contribution in [0.15, 0.2) is 82.8 Å². The highest BCUT2D eigenvalue weighted by molar-refractivity contribution is 6.18. The molecular weight excluding hydrogens is 376 g/mol. The van der Waals surface area contributed by atoms with Gasteiger partial charge in [0.15, 0.2) is 0 Å². The largest absolute Gasteiger partial charge is 0.289 e. The van der Waals surface area contributed by atoms with E-state index in [-0.39, 0.29) is 0 Å². The number of hydrogen-bond donors (Lipinski definition) is 0. The van der Waals surface area contributed by atoms with Crippen molar-refractivity contribution in [2.45, 2.75) is 68.7 Å². The summed E-state index contributed by atoms with van der Waals surface area (Å²) in [5, 5.41) is 0. The van der Waals surface area contributed by atoms with Crippen LogP contribution < -0.4 is 0 Å². The van der Waals surface area contributed by atoms with Gasteiger partial charge in [0, 0.05) is 7.05 Å². The SMILES string of the molecule is CC.CC.CC.CCc1ccc(C)cc1.CN=C1C=CC(=Nc2ccc(C)cc2)C=C1. The molecule has 0 N–H and O–H groups in total. The molecule has 0 bridgehead atoms. The molecule has 0 heterocycles. The lowest BCUT2D eigenvalue weighted by Crippen LogP contribution is -1.99. The van der Waals surface area contributed by atoms with Crippen LogP contribution in [-0.4, -0.2) is 18.5 Å². The Kier molecular flexibility index (Phi) is 20.2. The summed E-state index contributed by atoms with van der Waals surface area (Å²) in [7, 11) is 1.78. The predicted molar refractivity (Wildman–Crippen MR) is 145 cm³/mol. The van der Waals surface area contributed by atoms with E-state index in [0.717, 1.165) is 23.5 Å². The van der Waals surface area contributed by atoms with Crippen molar-refractivity contribution in [1.82, 2.24) is 0 Å². The van der Waals surface area contributed by atoms with Gasteiger partial charge in [-0.1, -0.05) is 96.0 Å². The summed E-state index contributed by atoms with van der Waals surface area (Å²) in [4.78, 5) is 8.60. The number of hydrogen-bond acceptors (Lipinski definition) is 2. The van der Waals surface area contributed by atoms with Crippen molar-refractivity contribution in [3.05, 3.63) is 89.5 Å². The molecule has 0 unspecified atom stereocenters. The number of benzene rings is 2. The average molecular weight is 421 g/mol. The summed E-state index contributed by atoms with van der Waals surface area (Å²) in [6, 6.07) is 16.8. The standard InChI is InChI=1S/C14H14N2.C9H12.3C2H6/c1-11-3-5-13(6-4-11)16-14-9-7-12(15-2)8-10-14;1-3-9-6-4-8(2)5-7-9;3*1-2/h3-10H,1-2H3;4-7H,3H2,1-2H3;3*1-2H3. The van der Waals surface area contributed by atoms with E-state index >= 15 is 0 Å². The third-order valence-electron chi connectivity index (χ3n) is 3.93. The van der Waals surface area contributed by atoms with E-state index in [1.165, 1.54) is 16.7 Å². The van der Waals surface area contributed by atoms with E-state index < -0.39 is 0 Å². The first kappa shape index (κ1) is 30.5. The molecule has 0 radical (unpaired) electrons. The molecule has 31 heavy (non-hydrogen) atoms. The molecule has 3 rings (SSSR count). The van der Waals surface area contributed by atoms with Crippen LogP contribution in [0.3, 0.4) is 0 Å². The van der Waals surface area contributed by atoms with Crippen LogP contribution in [0.1, 0.15) is 65.2 Å². The second-order valence-corrected chi connectivity index (χ2v) is 6.03. The summed E-state index contributed by atoms with van der Waals surface area (Å²) in [5.41, 5.74) is 6.91. The van der Waals surface area contributed by atoms with Crippen LogP contribution in [0.5, 0.6) is 0 Å². The minimum absolute atomic E-state index is 0.955. The predicted octanol–water partition coefficient (Wildman–Crippen LogP) is 8.90. The molecule has 0 aromatic heterocycles. The molecule has 0 atom stereocenters. The van der Waals surface area contributed by atoms with Gasteiger partial charge in [0.1, 0.15) is 0 Å². The lowest BCUT2D eigenvalue weighted by Gasteiger charge is -2.01. The van der Waals surface area contributed by atoms with Crippen LogP contribution in [0.25, 0.3) is 0 Å². The van der Waals surface area contributed by atoms with Crippen molar-refractivity contribution in [3.63, 3.8) is 0 Å². The fraction of sp³-hybridized carbons (Fsp3) is 0.379. The molecule has 0 fully saturated rings.